The molecule has 0 bridgehead atoms. The number of piperidine rings is 1. The Bertz CT molecular complexity index is 576. The summed E-state index contributed by atoms with van der Waals surface area (Å²) in [6.07, 6.45) is 1.71. The maximum atomic E-state index is 12.2. The van der Waals surface area contributed by atoms with E-state index in [4.69, 9.17) is 4.74 Å². The first kappa shape index (κ1) is 19.1. The largest absolute Gasteiger partial charge is 0.449 e. The number of nitrogens with one attached hydrogen (secondary N) is 2. The molecule has 138 valence electrons. The highest BCUT2D eigenvalue weighted by Gasteiger charge is 2.20. The second-order valence-electron chi connectivity index (χ2n) is 6.14. The molecule has 0 radical (unpaired) electrons. The molecule has 1 aliphatic heterocycles. The summed E-state index contributed by atoms with van der Waals surface area (Å²) in [5.74, 6) is 0. The van der Waals surface area contributed by atoms with Gasteiger partial charge in [-0.2, -0.15) is 0 Å². The zero-order valence-corrected chi connectivity index (χ0v) is 15.2. The molecule has 7 heteroatoms. The number of carbonyl (C=O) groups excluding carboxylic acids is 2. The number of anilines is 2. The van der Waals surface area contributed by atoms with E-state index < -0.39 is 6.09 Å². The highest BCUT2D eigenvalue weighted by molar-refractivity contribution is 5.91. The van der Waals surface area contributed by atoms with Gasteiger partial charge in [-0.3, -0.25) is 4.90 Å². The van der Waals surface area contributed by atoms with Gasteiger partial charge in [-0.25, -0.2) is 9.59 Å². The molecule has 1 aliphatic rings. The maximum Gasteiger partial charge on any atom is 0.413 e. The average Bonchev–Trinajstić information content (AvgIpc) is 2.62. The summed E-state index contributed by atoms with van der Waals surface area (Å²) >= 11 is 0. The van der Waals surface area contributed by atoms with Crippen LogP contribution in [-0.4, -0.2) is 56.4 Å². The highest BCUT2D eigenvalue weighted by Crippen LogP contribution is 2.18. The molecule has 2 N–H and O–H groups in total. The van der Waals surface area contributed by atoms with Crippen molar-refractivity contribution >= 4 is 23.5 Å². The van der Waals surface area contributed by atoms with Gasteiger partial charge in [-0.05, 0) is 57.1 Å². The first-order valence-electron chi connectivity index (χ1n) is 8.83. The lowest BCUT2D eigenvalue weighted by molar-refractivity contribution is 0.161. The van der Waals surface area contributed by atoms with Crippen molar-refractivity contribution in [3.63, 3.8) is 0 Å². The summed E-state index contributed by atoms with van der Waals surface area (Å²) in [5.41, 5.74) is 1.39. The number of rotatable bonds is 5. The number of likely N-dealkylation sites (tertiary alicyclic amines) is 1. The lowest BCUT2D eigenvalue weighted by atomic mass is 10.1. The van der Waals surface area contributed by atoms with E-state index in [0.717, 1.165) is 32.5 Å². The quantitative estimate of drug-likeness (QED) is 0.858. The molecule has 0 saturated carbocycles. The fourth-order valence-electron chi connectivity index (χ4n) is 2.91. The minimum Gasteiger partial charge on any atom is -0.449 e. The van der Waals surface area contributed by atoms with Gasteiger partial charge in [-0.1, -0.05) is 6.92 Å². The zero-order valence-electron chi connectivity index (χ0n) is 15.2. The van der Waals surface area contributed by atoms with Crippen molar-refractivity contribution in [2.24, 2.45) is 0 Å². The Balaban J connectivity index is 1.86. The van der Waals surface area contributed by atoms with Crippen molar-refractivity contribution in [1.82, 2.24) is 10.2 Å². The van der Waals surface area contributed by atoms with Gasteiger partial charge < -0.3 is 20.3 Å². The highest BCUT2D eigenvalue weighted by atomic mass is 16.6. The minimum absolute atomic E-state index is 0.183. The summed E-state index contributed by atoms with van der Waals surface area (Å²) in [4.78, 5) is 27.6. The van der Waals surface area contributed by atoms with Crippen LogP contribution in [0.15, 0.2) is 24.3 Å². The topological polar surface area (TPSA) is 73.9 Å². The molecule has 0 aromatic heterocycles. The van der Waals surface area contributed by atoms with Crippen LogP contribution in [0.1, 0.15) is 26.7 Å². The molecule has 1 heterocycles. The van der Waals surface area contributed by atoms with Crippen molar-refractivity contribution < 1.29 is 14.3 Å². The SMILES string of the molecule is CCOC(=O)N(C)c1ccc(NC(=O)N[C@@H]2CCCN(CC)C2)cc1. The molecule has 1 aromatic rings. The lowest BCUT2D eigenvalue weighted by Crippen LogP contribution is -2.48. The van der Waals surface area contributed by atoms with E-state index in [1.807, 2.05) is 0 Å². The van der Waals surface area contributed by atoms with Crippen LogP contribution in [0.3, 0.4) is 0 Å². The molecule has 3 amide bonds. The molecule has 7 nitrogen and oxygen atoms in total. The average molecular weight is 348 g/mol. The van der Waals surface area contributed by atoms with E-state index in [2.05, 4.69) is 22.5 Å². The van der Waals surface area contributed by atoms with Gasteiger partial charge in [0.25, 0.3) is 0 Å². The Hall–Kier alpha value is -2.28. The molecule has 1 fully saturated rings. The molecule has 0 unspecified atom stereocenters. The smallest absolute Gasteiger partial charge is 0.413 e. The van der Waals surface area contributed by atoms with E-state index in [1.165, 1.54) is 4.90 Å². The van der Waals surface area contributed by atoms with Crippen LogP contribution in [-0.2, 0) is 4.74 Å². The zero-order chi connectivity index (χ0) is 18.2. The summed E-state index contributed by atoms with van der Waals surface area (Å²) in [6, 6.07) is 7.06. The molecule has 1 atom stereocenters. The number of amides is 3. The van der Waals surface area contributed by atoms with Gasteiger partial charge in [0.05, 0.1) is 6.61 Å². The van der Waals surface area contributed by atoms with Crippen molar-refractivity contribution in [2.75, 3.05) is 43.5 Å². The van der Waals surface area contributed by atoms with Gasteiger partial charge in [0, 0.05) is 31.0 Å². The number of likely N-dealkylation sites (N-methyl/N-ethyl adjacent to an activating group) is 1. The van der Waals surface area contributed by atoms with E-state index in [1.54, 1.807) is 38.2 Å². The standard InChI is InChI=1S/C18H28N4O3/c1-4-22-12-6-7-15(13-22)20-17(23)19-14-8-10-16(11-9-14)21(3)18(24)25-5-2/h8-11,15H,4-7,12-13H2,1-3H3,(H2,19,20,23)/t15-/m1/s1. The fourth-order valence-corrected chi connectivity index (χ4v) is 2.91. The van der Waals surface area contributed by atoms with Gasteiger partial charge >= 0.3 is 12.1 Å². The van der Waals surface area contributed by atoms with Gasteiger partial charge in [0.15, 0.2) is 0 Å². The van der Waals surface area contributed by atoms with Crippen molar-refractivity contribution in [3.8, 4) is 0 Å². The number of hydrogen-bond acceptors (Lipinski definition) is 4. The number of carbonyl (C=O) groups is 2. The fraction of sp³-hybridized carbons (Fsp3) is 0.556. The van der Waals surface area contributed by atoms with Crippen molar-refractivity contribution in [3.05, 3.63) is 24.3 Å². The second kappa shape index (κ2) is 9.27. The Labute approximate surface area is 149 Å². The number of ether oxygens (including phenoxy) is 1. The lowest BCUT2D eigenvalue weighted by Gasteiger charge is -2.32. The second-order valence-corrected chi connectivity index (χ2v) is 6.14. The molecule has 0 spiro atoms. The third-order valence-corrected chi connectivity index (χ3v) is 4.34. The van der Waals surface area contributed by atoms with Crippen LogP contribution in [0.25, 0.3) is 0 Å². The summed E-state index contributed by atoms with van der Waals surface area (Å²) in [5, 5.41) is 5.87. The first-order chi connectivity index (χ1) is 12.0. The number of benzene rings is 1. The molecule has 2 rings (SSSR count). The molecule has 0 aliphatic carbocycles. The maximum absolute atomic E-state index is 12.2. The predicted molar refractivity (Wildman–Crippen MR) is 99.2 cm³/mol. The van der Waals surface area contributed by atoms with E-state index in [0.29, 0.717) is 18.0 Å². The number of hydrogen-bond donors (Lipinski definition) is 2. The predicted octanol–water partition coefficient (Wildman–Crippen LogP) is 2.89. The molecule has 1 saturated heterocycles. The Morgan fingerprint density at radius 3 is 2.64 bits per heavy atom. The van der Waals surface area contributed by atoms with Crippen LogP contribution < -0.4 is 15.5 Å². The summed E-state index contributed by atoms with van der Waals surface area (Å²) in [7, 11) is 1.65. The third kappa shape index (κ3) is 5.63. The Morgan fingerprint density at radius 1 is 1.28 bits per heavy atom. The van der Waals surface area contributed by atoms with Crippen LogP contribution >= 0.6 is 0 Å². The minimum atomic E-state index is -0.404. The molecule has 25 heavy (non-hydrogen) atoms. The van der Waals surface area contributed by atoms with Crippen LogP contribution in [0.2, 0.25) is 0 Å². The van der Waals surface area contributed by atoms with Crippen LogP contribution in [0, 0.1) is 0 Å². The molecule has 1 aromatic carbocycles. The van der Waals surface area contributed by atoms with E-state index >= 15 is 0 Å². The van der Waals surface area contributed by atoms with Gasteiger partial charge in [-0.15, -0.1) is 0 Å². The summed E-state index contributed by atoms with van der Waals surface area (Å²) in [6.45, 7) is 7.24. The summed E-state index contributed by atoms with van der Waals surface area (Å²) < 4.78 is 4.96. The normalized spacial score (nSPS) is 17.6. The van der Waals surface area contributed by atoms with Crippen molar-refractivity contribution in [1.29, 1.82) is 0 Å². The monoisotopic (exact) mass is 348 g/mol. The Kier molecular flexibility index (Phi) is 7.06. The van der Waals surface area contributed by atoms with Gasteiger partial charge in [0.1, 0.15) is 0 Å². The number of urea groups is 1. The van der Waals surface area contributed by atoms with E-state index in [9.17, 15) is 9.59 Å². The Morgan fingerprint density at radius 2 is 2.00 bits per heavy atom. The molecular formula is C18H28N4O3. The van der Waals surface area contributed by atoms with Crippen LogP contribution in [0.5, 0.6) is 0 Å². The van der Waals surface area contributed by atoms with Gasteiger partial charge in [0.2, 0.25) is 0 Å². The van der Waals surface area contributed by atoms with Crippen LogP contribution in [0.4, 0.5) is 21.0 Å². The number of nitrogens with zero attached hydrogens (tertiary/aromatic N) is 2. The first-order valence-corrected chi connectivity index (χ1v) is 8.83. The van der Waals surface area contributed by atoms with Crippen molar-refractivity contribution in [2.45, 2.75) is 32.7 Å². The molecular weight excluding hydrogens is 320 g/mol. The van der Waals surface area contributed by atoms with E-state index in [-0.39, 0.29) is 12.1 Å². The third-order valence-electron chi connectivity index (χ3n) is 4.34.